The first-order valence-electron chi connectivity index (χ1n) is 6.41. The standard InChI is InChI=1S/C14H19N5O/c1-19(2)8-7-16-14(20)13-9-12(18-15)10-5-3-4-6-11(10)17-13/h3-6,9H,7-8,15H2,1-2H3,(H,16,20)(H,17,18). The van der Waals surface area contributed by atoms with E-state index in [0.717, 1.165) is 17.4 Å². The molecule has 0 aliphatic rings. The Bertz CT molecular complexity index is 612. The van der Waals surface area contributed by atoms with Gasteiger partial charge in [0.05, 0.1) is 11.2 Å². The van der Waals surface area contributed by atoms with E-state index in [0.29, 0.717) is 17.9 Å². The van der Waals surface area contributed by atoms with Gasteiger partial charge in [-0.3, -0.25) is 10.6 Å². The van der Waals surface area contributed by atoms with E-state index in [1.807, 2.05) is 43.3 Å². The third-order valence-corrected chi connectivity index (χ3v) is 2.95. The summed E-state index contributed by atoms with van der Waals surface area (Å²) in [5, 5.41) is 3.72. The summed E-state index contributed by atoms with van der Waals surface area (Å²) >= 11 is 0. The van der Waals surface area contributed by atoms with Gasteiger partial charge in [-0.05, 0) is 26.2 Å². The first kappa shape index (κ1) is 14.2. The number of nitrogens with zero attached hydrogens (tertiary/aromatic N) is 2. The summed E-state index contributed by atoms with van der Waals surface area (Å²) in [4.78, 5) is 18.4. The minimum absolute atomic E-state index is 0.200. The van der Waals surface area contributed by atoms with Crippen LogP contribution in [0.5, 0.6) is 0 Å². The Labute approximate surface area is 117 Å². The Morgan fingerprint density at radius 2 is 2.10 bits per heavy atom. The number of nitrogens with two attached hydrogens (primary N) is 1. The van der Waals surface area contributed by atoms with Gasteiger partial charge in [-0.25, -0.2) is 4.98 Å². The number of rotatable bonds is 5. The van der Waals surface area contributed by atoms with Crippen LogP contribution in [0, 0.1) is 0 Å². The number of anilines is 1. The van der Waals surface area contributed by atoms with Gasteiger partial charge in [0.15, 0.2) is 0 Å². The third kappa shape index (κ3) is 3.23. The van der Waals surface area contributed by atoms with Crippen LogP contribution in [-0.2, 0) is 0 Å². The molecule has 0 unspecified atom stereocenters. The molecule has 1 heterocycles. The lowest BCUT2D eigenvalue weighted by molar-refractivity contribution is 0.0946. The van der Waals surface area contributed by atoms with Crippen LogP contribution in [0.3, 0.4) is 0 Å². The van der Waals surface area contributed by atoms with Crippen molar-refractivity contribution in [2.45, 2.75) is 0 Å². The second-order valence-corrected chi connectivity index (χ2v) is 4.78. The monoisotopic (exact) mass is 273 g/mol. The molecule has 6 nitrogen and oxygen atoms in total. The van der Waals surface area contributed by atoms with E-state index in [-0.39, 0.29) is 5.91 Å². The Balaban J connectivity index is 2.23. The average Bonchev–Trinajstić information content (AvgIpc) is 2.45. The number of amides is 1. The summed E-state index contributed by atoms with van der Waals surface area (Å²) in [6.07, 6.45) is 0. The van der Waals surface area contributed by atoms with Crippen LogP contribution in [0.2, 0.25) is 0 Å². The van der Waals surface area contributed by atoms with Gasteiger partial charge in [0.1, 0.15) is 5.69 Å². The molecule has 1 aromatic heterocycles. The predicted molar refractivity (Wildman–Crippen MR) is 80.4 cm³/mol. The van der Waals surface area contributed by atoms with Gasteiger partial charge in [0.25, 0.3) is 5.91 Å². The van der Waals surface area contributed by atoms with Crippen LogP contribution >= 0.6 is 0 Å². The molecule has 0 aliphatic carbocycles. The van der Waals surface area contributed by atoms with Gasteiger partial charge < -0.3 is 15.6 Å². The fourth-order valence-corrected chi connectivity index (χ4v) is 1.89. The van der Waals surface area contributed by atoms with E-state index in [4.69, 9.17) is 5.84 Å². The number of fused-ring (bicyclic) bond motifs is 1. The van der Waals surface area contributed by atoms with Gasteiger partial charge in [0, 0.05) is 18.5 Å². The first-order valence-corrected chi connectivity index (χ1v) is 6.41. The molecule has 4 N–H and O–H groups in total. The van der Waals surface area contributed by atoms with Crippen LogP contribution in [0.1, 0.15) is 10.5 Å². The number of nitrogens with one attached hydrogen (secondary N) is 2. The van der Waals surface area contributed by atoms with E-state index in [9.17, 15) is 4.79 Å². The van der Waals surface area contributed by atoms with Crippen molar-refractivity contribution < 1.29 is 4.79 Å². The SMILES string of the molecule is CN(C)CCNC(=O)c1cc(NN)c2ccccc2n1. The van der Waals surface area contributed by atoms with E-state index in [2.05, 4.69) is 15.7 Å². The van der Waals surface area contributed by atoms with Crippen molar-refractivity contribution in [3.05, 3.63) is 36.0 Å². The smallest absolute Gasteiger partial charge is 0.270 e. The summed E-state index contributed by atoms with van der Waals surface area (Å²) in [6, 6.07) is 9.20. The molecule has 2 aromatic rings. The molecule has 0 radical (unpaired) electrons. The minimum Gasteiger partial charge on any atom is -0.349 e. The van der Waals surface area contributed by atoms with E-state index in [1.165, 1.54) is 0 Å². The molecular formula is C14H19N5O. The molecular weight excluding hydrogens is 254 g/mol. The molecule has 0 spiro atoms. The Hall–Kier alpha value is -2.18. The summed E-state index contributed by atoms with van der Waals surface area (Å²) in [6.45, 7) is 1.35. The molecule has 2 rings (SSSR count). The van der Waals surface area contributed by atoms with Gasteiger partial charge in [0.2, 0.25) is 0 Å². The van der Waals surface area contributed by atoms with Gasteiger partial charge in [-0.1, -0.05) is 18.2 Å². The zero-order chi connectivity index (χ0) is 14.5. The molecule has 0 bridgehead atoms. The molecule has 0 saturated carbocycles. The second kappa shape index (κ2) is 6.31. The van der Waals surface area contributed by atoms with E-state index >= 15 is 0 Å². The molecule has 1 aromatic carbocycles. The number of nitrogen functional groups attached to an aromatic ring is 1. The highest BCUT2D eigenvalue weighted by molar-refractivity contribution is 5.99. The van der Waals surface area contributed by atoms with Crippen LogP contribution < -0.4 is 16.6 Å². The number of carbonyl (C=O) groups excluding carboxylic acids is 1. The molecule has 106 valence electrons. The largest absolute Gasteiger partial charge is 0.349 e. The highest BCUT2D eigenvalue weighted by Crippen LogP contribution is 2.22. The third-order valence-electron chi connectivity index (χ3n) is 2.95. The normalized spacial score (nSPS) is 10.8. The number of benzene rings is 1. The summed E-state index contributed by atoms with van der Waals surface area (Å²) in [5.74, 6) is 5.31. The van der Waals surface area contributed by atoms with E-state index in [1.54, 1.807) is 6.07 Å². The number of hydrogen-bond acceptors (Lipinski definition) is 5. The van der Waals surface area contributed by atoms with Gasteiger partial charge in [-0.2, -0.15) is 0 Å². The Kier molecular flexibility index (Phi) is 4.49. The van der Waals surface area contributed by atoms with Crippen molar-refractivity contribution in [3.8, 4) is 0 Å². The number of likely N-dealkylation sites (N-methyl/N-ethyl adjacent to an activating group) is 1. The number of para-hydroxylation sites is 1. The molecule has 0 aliphatic heterocycles. The zero-order valence-corrected chi connectivity index (χ0v) is 11.7. The first-order chi connectivity index (χ1) is 9.61. The fourth-order valence-electron chi connectivity index (χ4n) is 1.89. The van der Waals surface area contributed by atoms with Crippen molar-refractivity contribution in [3.63, 3.8) is 0 Å². The lowest BCUT2D eigenvalue weighted by Gasteiger charge is -2.11. The Morgan fingerprint density at radius 3 is 2.80 bits per heavy atom. The predicted octanol–water partition coefficient (Wildman–Crippen LogP) is 0.812. The van der Waals surface area contributed by atoms with Gasteiger partial charge in [-0.15, -0.1) is 0 Å². The summed E-state index contributed by atoms with van der Waals surface area (Å²) in [5.41, 5.74) is 4.39. The van der Waals surface area contributed by atoms with Crippen molar-refractivity contribution >= 4 is 22.5 Å². The molecule has 20 heavy (non-hydrogen) atoms. The number of hydrogen-bond donors (Lipinski definition) is 3. The maximum atomic E-state index is 12.1. The molecule has 6 heteroatoms. The molecule has 0 saturated heterocycles. The quantitative estimate of drug-likeness (QED) is 0.555. The maximum Gasteiger partial charge on any atom is 0.270 e. The van der Waals surface area contributed by atoms with Crippen molar-refractivity contribution in [2.75, 3.05) is 32.6 Å². The topological polar surface area (TPSA) is 83.3 Å². The molecule has 0 fully saturated rings. The Morgan fingerprint density at radius 1 is 1.35 bits per heavy atom. The number of aromatic nitrogens is 1. The van der Waals surface area contributed by atoms with Crippen LogP contribution in [0.15, 0.2) is 30.3 Å². The van der Waals surface area contributed by atoms with E-state index < -0.39 is 0 Å². The number of carbonyl (C=O) groups is 1. The zero-order valence-electron chi connectivity index (χ0n) is 11.7. The lowest BCUT2D eigenvalue weighted by atomic mass is 10.1. The van der Waals surface area contributed by atoms with Crippen molar-refractivity contribution in [2.24, 2.45) is 5.84 Å². The van der Waals surface area contributed by atoms with Crippen LogP contribution in [0.4, 0.5) is 5.69 Å². The van der Waals surface area contributed by atoms with Crippen molar-refractivity contribution in [1.82, 2.24) is 15.2 Å². The average molecular weight is 273 g/mol. The van der Waals surface area contributed by atoms with Crippen LogP contribution in [-0.4, -0.2) is 43.0 Å². The maximum absolute atomic E-state index is 12.1. The second-order valence-electron chi connectivity index (χ2n) is 4.78. The van der Waals surface area contributed by atoms with Gasteiger partial charge >= 0.3 is 0 Å². The summed E-state index contributed by atoms with van der Waals surface area (Å²) in [7, 11) is 3.91. The lowest BCUT2D eigenvalue weighted by Crippen LogP contribution is -2.31. The summed E-state index contributed by atoms with van der Waals surface area (Å²) < 4.78 is 0. The molecule has 1 amide bonds. The number of pyridine rings is 1. The highest BCUT2D eigenvalue weighted by atomic mass is 16.1. The van der Waals surface area contributed by atoms with Crippen molar-refractivity contribution in [1.29, 1.82) is 0 Å². The number of hydrazine groups is 1. The highest BCUT2D eigenvalue weighted by Gasteiger charge is 2.11. The fraction of sp³-hybridized carbons (Fsp3) is 0.286. The van der Waals surface area contributed by atoms with Crippen LogP contribution in [0.25, 0.3) is 10.9 Å². The molecule has 0 atom stereocenters. The minimum atomic E-state index is -0.200.